The summed E-state index contributed by atoms with van der Waals surface area (Å²) >= 11 is 0. The summed E-state index contributed by atoms with van der Waals surface area (Å²) in [6.45, 7) is 3.69. The van der Waals surface area contributed by atoms with Gasteiger partial charge in [0.2, 0.25) is 11.8 Å². The molecule has 1 heterocycles. The van der Waals surface area contributed by atoms with Gasteiger partial charge in [-0.15, -0.1) is 0 Å². The second-order valence-corrected chi connectivity index (χ2v) is 6.17. The van der Waals surface area contributed by atoms with Crippen molar-refractivity contribution in [1.29, 1.82) is 0 Å². The number of methoxy groups -OCH3 is 1. The predicted molar refractivity (Wildman–Crippen MR) is 87.9 cm³/mol. The van der Waals surface area contributed by atoms with Crippen LogP contribution in [0.1, 0.15) is 20.3 Å². The highest BCUT2D eigenvalue weighted by molar-refractivity contribution is 6.00. The number of benzene rings is 1. The van der Waals surface area contributed by atoms with E-state index in [2.05, 4.69) is 5.32 Å². The molecule has 1 aliphatic heterocycles. The van der Waals surface area contributed by atoms with Gasteiger partial charge in [-0.05, 0) is 30.2 Å². The molecule has 7 heteroatoms. The Morgan fingerprint density at radius 2 is 1.92 bits per heavy atom. The van der Waals surface area contributed by atoms with E-state index in [-0.39, 0.29) is 24.8 Å². The summed E-state index contributed by atoms with van der Waals surface area (Å²) < 4.78 is 5.08. The van der Waals surface area contributed by atoms with Crippen LogP contribution in [-0.4, -0.2) is 42.6 Å². The van der Waals surface area contributed by atoms with Crippen LogP contribution in [0.25, 0.3) is 0 Å². The third-order valence-electron chi connectivity index (χ3n) is 4.11. The zero-order valence-corrected chi connectivity index (χ0v) is 14.0. The second-order valence-electron chi connectivity index (χ2n) is 6.17. The number of carbonyl (C=O) groups is 3. The highest BCUT2D eigenvalue weighted by atomic mass is 16.5. The van der Waals surface area contributed by atoms with Gasteiger partial charge in [0.25, 0.3) is 0 Å². The van der Waals surface area contributed by atoms with Crippen molar-refractivity contribution < 1.29 is 24.2 Å². The number of anilines is 1. The maximum atomic E-state index is 12.3. The Kier molecular flexibility index (Phi) is 5.43. The first-order valence-corrected chi connectivity index (χ1v) is 7.81. The molecule has 1 saturated heterocycles. The monoisotopic (exact) mass is 334 g/mol. The van der Waals surface area contributed by atoms with Crippen molar-refractivity contribution in [2.45, 2.75) is 26.3 Å². The van der Waals surface area contributed by atoms with Crippen LogP contribution in [0.15, 0.2) is 24.3 Å². The van der Waals surface area contributed by atoms with Crippen LogP contribution < -0.4 is 15.0 Å². The molecule has 0 saturated carbocycles. The van der Waals surface area contributed by atoms with Crippen LogP contribution >= 0.6 is 0 Å². The molecule has 2 N–H and O–H groups in total. The van der Waals surface area contributed by atoms with Gasteiger partial charge in [0.05, 0.1) is 13.0 Å². The Bertz CT molecular complexity index is 626. The number of rotatable bonds is 6. The van der Waals surface area contributed by atoms with Gasteiger partial charge in [0.1, 0.15) is 11.8 Å². The topological polar surface area (TPSA) is 95.9 Å². The maximum Gasteiger partial charge on any atom is 0.326 e. The molecule has 1 aliphatic rings. The lowest BCUT2D eigenvalue weighted by molar-refractivity contribution is -0.143. The molecule has 0 radical (unpaired) electrons. The van der Waals surface area contributed by atoms with Gasteiger partial charge >= 0.3 is 5.97 Å². The number of hydrogen-bond donors (Lipinski definition) is 2. The van der Waals surface area contributed by atoms with Crippen molar-refractivity contribution >= 4 is 23.5 Å². The number of aliphatic carboxylic acids is 1. The van der Waals surface area contributed by atoms with E-state index >= 15 is 0 Å². The fraction of sp³-hybridized carbons (Fsp3) is 0.471. The summed E-state index contributed by atoms with van der Waals surface area (Å²) in [5, 5.41) is 11.7. The molecule has 0 unspecified atom stereocenters. The minimum absolute atomic E-state index is 0.0717. The summed E-state index contributed by atoms with van der Waals surface area (Å²) in [6.07, 6.45) is 0.0717. The molecule has 130 valence electrons. The van der Waals surface area contributed by atoms with Crippen molar-refractivity contribution in [2.24, 2.45) is 11.8 Å². The first-order valence-electron chi connectivity index (χ1n) is 7.81. The van der Waals surface area contributed by atoms with E-state index in [0.717, 1.165) is 0 Å². The highest BCUT2D eigenvalue weighted by Crippen LogP contribution is 2.27. The summed E-state index contributed by atoms with van der Waals surface area (Å²) in [4.78, 5) is 37.2. The Balaban J connectivity index is 2.05. The number of nitrogens with one attached hydrogen (secondary N) is 1. The highest BCUT2D eigenvalue weighted by Gasteiger charge is 2.37. The first kappa shape index (κ1) is 17.8. The van der Waals surface area contributed by atoms with Crippen molar-refractivity contribution in [3.05, 3.63) is 24.3 Å². The number of carbonyl (C=O) groups excluding carboxylic acids is 2. The summed E-state index contributed by atoms with van der Waals surface area (Å²) in [5.41, 5.74) is 0.690. The summed E-state index contributed by atoms with van der Waals surface area (Å²) in [6, 6.07) is 6.04. The van der Waals surface area contributed by atoms with Crippen molar-refractivity contribution in [3.8, 4) is 5.75 Å². The van der Waals surface area contributed by atoms with Crippen LogP contribution in [0.4, 0.5) is 5.69 Å². The maximum absolute atomic E-state index is 12.3. The Morgan fingerprint density at radius 3 is 2.42 bits per heavy atom. The number of hydrogen-bond acceptors (Lipinski definition) is 4. The van der Waals surface area contributed by atoms with Crippen molar-refractivity contribution in [3.63, 3.8) is 0 Å². The number of carboxylic acid groups (broad SMARTS) is 1. The van der Waals surface area contributed by atoms with Crippen LogP contribution in [0.3, 0.4) is 0 Å². The Morgan fingerprint density at radius 1 is 1.29 bits per heavy atom. The molecule has 0 bridgehead atoms. The van der Waals surface area contributed by atoms with Crippen LogP contribution in [0, 0.1) is 11.8 Å². The van der Waals surface area contributed by atoms with Gasteiger partial charge in [-0.3, -0.25) is 9.59 Å². The van der Waals surface area contributed by atoms with E-state index < -0.39 is 23.8 Å². The minimum atomic E-state index is -1.07. The van der Waals surface area contributed by atoms with Crippen LogP contribution in [0.5, 0.6) is 5.75 Å². The second kappa shape index (κ2) is 7.33. The average Bonchev–Trinajstić information content (AvgIpc) is 2.93. The first-order chi connectivity index (χ1) is 11.3. The molecule has 2 atom stereocenters. The van der Waals surface area contributed by atoms with Gasteiger partial charge < -0.3 is 20.1 Å². The third kappa shape index (κ3) is 3.84. The molecular weight excluding hydrogens is 312 g/mol. The fourth-order valence-electron chi connectivity index (χ4n) is 2.68. The van der Waals surface area contributed by atoms with Crippen LogP contribution in [-0.2, 0) is 14.4 Å². The molecule has 2 rings (SSSR count). The van der Waals surface area contributed by atoms with E-state index in [9.17, 15) is 14.4 Å². The molecule has 0 aliphatic carbocycles. The molecule has 0 aromatic heterocycles. The zero-order valence-electron chi connectivity index (χ0n) is 14.0. The van der Waals surface area contributed by atoms with Gasteiger partial charge in [-0.1, -0.05) is 13.8 Å². The standard InChI is InChI=1S/C17H22N2O5/c1-10(2)15(17(22)23)18-16(21)11-8-14(20)19(9-11)12-4-6-13(24-3)7-5-12/h4-7,10-11,15H,8-9H2,1-3H3,(H,18,21)(H,22,23)/t11-,15+/m1/s1. The molecule has 7 nitrogen and oxygen atoms in total. The largest absolute Gasteiger partial charge is 0.497 e. The predicted octanol–water partition coefficient (Wildman–Crippen LogP) is 1.27. The lowest BCUT2D eigenvalue weighted by Crippen LogP contribution is -2.47. The van der Waals surface area contributed by atoms with E-state index in [1.807, 2.05) is 0 Å². The molecule has 1 aromatic carbocycles. The molecule has 1 fully saturated rings. The Hall–Kier alpha value is -2.57. The van der Waals surface area contributed by atoms with Gasteiger partial charge in [0.15, 0.2) is 0 Å². The van der Waals surface area contributed by atoms with E-state index in [1.165, 1.54) is 4.90 Å². The van der Waals surface area contributed by atoms with Crippen molar-refractivity contribution in [2.75, 3.05) is 18.6 Å². The van der Waals surface area contributed by atoms with Crippen LogP contribution in [0.2, 0.25) is 0 Å². The van der Waals surface area contributed by atoms with Gasteiger partial charge in [0, 0.05) is 18.7 Å². The van der Waals surface area contributed by atoms with E-state index in [4.69, 9.17) is 9.84 Å². The number of ether oxygens (including phenoxy) is 1. The quantitative estimate of drug-likeness (QED) is 0.817. The summed E-state index contributed by atoms with van der Waals surface area (Å²) in [7, 11) is 1.56. The van der Waals surface area contributed by atoms with Gasteiger partial charge in [-0.25, -0.2) is 4.79 Å². The van der Waals surface area contributed by atoms with Gasteiger partial charge in [-0.2, -0.15) is 0 Å². The molecular formula is C17H22N2O5. The molecule has 2 amide bonds. The average molecular weight is 334 g/mol. The normalized spacial score (nSPS) is 18.6. The zero-order chi connectivity index (χ0) is 17.9. The number of amides is 2. The Labute approximate surface area is 140 Å². The number of nitrogens with zero attached hydrogens (tertiary/aromatic N) is 1. The molecule has 0 spiro atoms. The van der Waals surface area contributed by atoms with Crippen molar-refractivity contribution in [1.82, 2.24) is 5.32 Å². The molecule has 1 aromatic rings. The summed E-state index contributed by atoms with van der Waals surface area (Å²) in [5.74, 6) is -1.74. The van der Waals surface area contributed by atoms with E-state index in [1.54, 1.807) is 45.2 Å². The molecule has 24 heavy (non-hydrogen) atoms. The minimum Gasteiger partial charge on any atom is -0.497 e. The lowest BCUT2D eigenvalue weighted by atomic mass is 10.0. The lowest BCUT2D eigenvalue weighted by Gasteiger charge is -2.20. The third-order valence-corrected chi connectivity index (χ3v) is 4.11. The number of carboxylic acids is 1. The smallest absolute Gasteiger partial charge is 0.326 e. The SMILES string of the molecule is COc1ccc(N2C[C@H](C(=O)N[C@H](C(=O)O)C(C)C)CC2=O)cc1. The fourth-order valence-corrected chi connectivity index (χ4v) is 2.68. The van der Waals surface area contributed by atoms with E-state index in [0.29, 0.717) is 11.4 Å².